The van der Waals surface area contributed by atoms with Gasteiger partial charge >= 0.3 is 11.9 Å². The summed E-state index contributed by atoms with van der Waals surface area (Å²) in [5.41, 5.74) is 5.91. The second-order valence-electron chi connectivity index (χ2n) is 12.2. The minimum Gasteiger partial charge on any atom is -0.481 e. The van der Waals surface area contributed by atoms with E-state index in [1.165, 1.54) is 19.8 Å². The summed E-state index contributed by atoms with van der Waals surface area (Å²) in [5, 5.41) is 33.8. The molecule has 0 aromatic heterocycles. The molecule has 0 aliphatic carbocycles. The zero-order valence-corrected chi connectivity index (χ0v) is 29.2. The molecular weight excluding hydrogens is 638 g/mol. The van der Waals surface area contributed by atoms with Crippen LogP contribution in [-0.2, 0) is 33.6 Å². The van der Waals surface area contributed by atoms with Gasteiger partial charge < -0.3 is 47.8 Å². The fourth-order valence-corrected chi connectivity index (χ4v) is 4.79. The molecule has 5 amide bonds. The highest BCUT2D eigenvalue weighted by Gasteiger charge is 2.20. The Morgan fingerprint density at radius 2 is 1.08 bits per heavy atom. The van der Waals surface area contributed by atoms with Crippen LogP contribution in [0.1, 0.15) is 110 Å². The maximum absolute atomic E-state index is 12.3. The van der Waals surface area contributed by atoms with E-state index >= 15 is 0 Å². The summed E-state index contributed by atoms with van der Waals surface area (Å²) in [6, 6.07) is -0.805. The van der Waals surface area contributed by atoms with Crippen molar-refractivity contribution in [2.45, 2.75) is 116 Å². The van der Waals surface area contributed by atoms with E-state index in [9.17, 15) is 33.6 Å². The fraction of sp³-hybridized carbons (Fsp3) is 0.788. The first-order valence-corrected chi connectivity index (χ1v) is 17.7. The molecule has 0 rings (SSSR count). The molecule has 49 heavy (non-hydrogen) atoms. The number of hydrogen-bond donors (Lipinski definition) is 9. The summed E-state index contributed by atoms with van der Waals surface area (Å²) < 4.78 is 0. The van der Waals surface area contributed by atoms with E-state index in [1.807, 2.05) is 0 Å². The fourth-order valence-electron chi connectivity index (χ4n) is 4.79. The largest absolute Gasteiger partial charge is 0.481 e. The van der Waals surface area contributed by atoms with E-state index < -0.39 is 35.7 Å². The van der Waals surface area contributed by atoms with Crippen LogP contribution in [0.3, 0.4) is 0 Å². The van der Waals surface area contributed by atoms with E-state index in [2.05, 4.69) is 31.9 Å². The first-order valence-electron chi connectivity index (χ1n) is 17.7. The lowest BCUT2D eigenvalue weighted by Gasteiger charge is -2.16. The van der Waals surface area contributed by atoms with Crippen molar-refractivity contribution >= 4 is 41.5 Å². The van der Waals surface area contributed by atoms with Gasteiger partial charge in [0.2, 0.25) is 29.5 Å². The van der Waals surface area contributed by atoms with Crippen LogP contribution in [-0.4, -0.2) is 104 Å². The van der Waals surface area contributed by atoms with Gasteiger partial charge in [-0.3, -0.25) is 33.6 Å². The molecule has 0 saturated heterocycles. The second-order valence-corrected chi connectivity index (χ2v) is 12.2. The number of carboxylic acid groups (broad SMARTS) is 2. The molecule has 0 aliphatic rings. The van der Waals surface area contributed by atoms with Crippen molar-refractivity contribution < 1.29 is 43.8 Å². The Kier molecular flexibility index (Phi) is 27.9. The highest BCUT2D eigenvalue weighted by Crippen LogP contribution is 2.12. The zero-order valence-electron chi connectivity index (χ0n) is 29.2. The van der Waals surface area contributed by atoms with Crippen molar-refractivity contribution in [1.82, 2.24) is 31.9 Å². The highest BCUT2D eigenvalue weighted by atomic mass is 16.4. The Labute approximate surface area is 290 Å². The van der Waals surface area contributed by atoms with Crippen LogP contribution < -0.4 is 37.6 Å². The Balaban J connectivity index is 3.77. The average molecular weight is 700 g/mol. The summed E-state index contributed by atoms with van der Waals surface area (Å²) in [7, 11) is 0. The van der Waals surface area contributed by atoms with Gasteiger partial charge in [-0.25, -0.2) is 0 Å². The maximum Gasteiger partial charge on any atom is 0.303 e. The molecular formula is C33H61N7O9. The van der Waals surface area contributed by atoms with E-state index in [0.29, 0.717) is 38.9 Å². The predicted octanol–water partition coefficient (Wildman–Crippen LogP) is 0.531. The van der Waals surface area contributed by atoms with E-state index in [-0.39, 0.29) is 63.2 Å². The van der Waals surface area contributed by atoms with Crippen LogP contribution in [0.25, 0.3) is 0 Å². The van der Waals surface area contributed by atoms with E-state index in [4.69, 9.17) is 15.9 Å². The molecule has 10 N–H and O–H groups in total. The van der Waals surface area contributed by atoms with Crippen LogP contribution in [0.2, 0.25) is 0 Å². The van der Waals surface area contributed by atoms with Crippen LogP contribution in [0, 0.1) is 5.92 Å². The van der Waals surface area contributed by atoms with Crippen molar-refractivity contribution in [1.29, 1.82) is 0 Å². The van der Waals surface area contributed by atoms with Gasteiger partial charge in [-0.2, -0.15) is 0 Å². The molecule has 0 aliphatic heterocycles. The Hall–Kier alpha value is -3.79. The summed E-state index contributed by atoms with van der Waals surface area (Å²) in [5.74, 6) is -4.00. The monoisotopic (exact) mass is 699 g/mol. The highest BCUT2D eigenvalue weighted by molar-refractivity contribution is 5.87. The Morgan fingerprint density at radius 1 is 0.531 bits per heavy atom. The summed E-state index contributed by atoms with van der Waals surface area (Å²) in [6.07, 6.45) is 11.9. The second kappa shape index (κ2) is 30.3. The van der Waals surface area contributed by atoms with Crippen molar-refractivity contribution in [2.24, 2.45) is 11.7 Å². The third-order valence-corrected chi connectivity index (χ3v) is 7.71. The van der Waals surface area contributed by atoms with Gasteiger partial charge in [-0.05, 0) is 38.6 Å². The summed E-state index contributed by atoms with van der Waals surface area (Å²) in [4.78, 5) is 81.0. The van der Waals surface area contributed by atoms with Crippen LogP contribution in [0.4, 0.5) is 0 Å². The van der Waals surface area contributed by atoms with Crippen LogP contribution >= 0.6 is 0 Å². The van der Waals surface area contributed by atoms with Crippen LogP contribution in [0.15, 0.2) is 0 Å². The van der Waals surface area contributed by atoms with Gasteiger partial charge in [0.1, 0.15) is 0 Å². The number of unbranched alkanes of at least 4 members (excludes halogenated alkanes) is 9. The molecule has 16 heteroatoms. The molecule has 2 atom stereocenters. The number of rotatable bonds is 32. The molecule has 0 fully saturated rings. The quantitative estimate of drug-likeness (QED) is 0.0438. The Bertz CT molecular complexity index is 980. The number of nitrogens with two attached hydrogens (primary N) is 1. The predicted molar refractivity (Wildman–Crippen MR) is 184 cm³/mol. The van der Waals surface area contributed by atoms with Crippen molar-refractivity contribution in [3.05, 3.63) is 0 Å². The standard InChI is InChI=1S/C33H61N7O9/c1-25(41)39-23-26(15-16-31(46)47)32(48)38-19-12-18-36-29(43)24-40-33(49)27(34)17-20-35-21-22-37-28(42)13-10-8-6-4-2-3-5-7-9-11-14-30(44)45/h26-27,35H,2-24,34H2,1H3,(H,36,43)(H,37,42)(H,38,48)(H,39,41)(H,40,49)(H,44,45)(H,46,47). The normalized spacial score (nSPS) is 12.0. The lowest BCUT2D eigenvalue weighted by atomic mass is 10.0. The van der Waals surface area contributed by atoms with Gasteiger partial charge in [-0.15, -0.1) is 0 Å². The molecule has 0 bridgehead atoms. The third kappa shape index (κ3) is 30.0. The minimum absolute atomic E-state index is 0.0163. The molecule has 282 valence electrons. The number of amides is 5. The first kappa shape index (κ1) is 45.2. The molecule has 2 unspecified atom stereocenters. The molecule has 0 spiro atoms. The maximum atomic E-state index is 12.3. The van der Waals surface area contributed by atoms with Crippen molar-refractivity contribution in [3.8, 4) is 0 Å². The number of carbonyl (C=O) groups excluding carboxylic acids is 5. The van der Waals surface area contributed by atoms with Gasteiger partial charge in [0.05, 0.1) is 18.5 Å². The number of nitrogens with one attached hydrogen (secondary N) is 6. The lowest BCUT2D eigenvalue weighted by molar-refractivity contribution is -0.138. The molecule has 0 radical (unpaired) electrons. The van der Waals surface area contributed by atoms with Crippen LogP contribution in [0.5, 0.6) is 0 Å². The average Bonchev–Trinajstić information content (AvgIpc) is 3.04. The zero-order chi connectivity index (χ0) is 36.7. The van der Waals surface area contributed by atoms with E-state index in [0.717, 1.165) is 51.4 Å². The minimum atomic E-state index is -1.04. The summed E-state index contributed by atoms with van der Waals surface area (Å²) >= 11 is 0. The number of carbonyl (C=O) groups is 7. The third-order valence-electron chi connectivity index (χ3n) is 7.71. The van der Waals surface area contributed by atoms with Crippen molar-refractivity contribution in [3.63, 3.8) is 0 Å². The smallest absolute Gasteiger partial charge is 0.303 e. The van der Waals surface area contributed by atoms with Crippen molar-refractivity contribution in [2.75, 3.05) is 45.8 Å². The number of aliphatic carboxylic acids is 2. The molecule has 0 aromatic rings. The lowest BCUT2D eigenvalue weighted by Crippen LogP contribution is -2.46. The van der Waals surface area contributed by atoms with E-state index in [1.54, 1.807) is 0 Å². The molecule has 0 heterocycles. The van der Waals surface area contributed by atoms with Gasteiger partial charge in [0, 0.05) is 58.9 Å². The SMILES string of the molecule is CC(=O)NCC(CCC(=O)O)C(=O)NCCCNC(=O)CNC(=O)C(N)CCNCCNC(=O)CCCCCCCCCCCCC(=O)O. The first-order chi connectivity index (χ1) is 23.4. The van der Waals surface area contributed by atoms with Gasteiger partial charge in [0.25, 0.3) is 0 Å². The molecule has 0 saturated carbocycles. The van der Waals surface area contributed by atoms with Gasteiger partial charge in [-0.1, -0.05) is 51.4 Å². The number of carboxylic acids is 2. The number of hydrogen-bond acceptors (Lipinski definition) is 9. The molecule has 0 aromatic carbocycles. The summed E-state index contributed by atoms with van der Waals surface area (Å²) in [6.45, 7) is 3.05. The van der Waals surface area contributed by atoms with Gasteiger partial charge in [0.15, 0.2) is 0 Å². The Morgan fingerprint density at radius 3 is 1.67 bits per heavy atom. The topological polar surface area (TPSA) is 258 Å². The molecule has 16 nitrogen and oxygen atoms in total.